The molecule has 0 radical (unpaired) electrons. The normalized spacial score (nSPS) is 17.8. The van der Waals surface area contributed by atoms with E-state index in [0.717, 1.165) is 18.4 Å². The minimum atomic E-state index is -0.503. The van der Waals surface area contributed by atoms with Gasteiger partial charge in [0.1, 0.15) is 5.75 Å². The van der Waals surface area contributed by atoms with Crippen LogP contribution in [0.15, 0.2) is 36.4 Å². The monoisotopic (exact) mass is 470 g/mol. The standard InChI is InChI=1S/C26H34N2O6/c1-6-7-14-27-26(30)20-12-13-23(29)28(24(20)17-8-10-19(31-2)11-9-17)18-15-21(32-3)25(34-5)22(16-18)33-4/h8-11,15-16,20,24H,6-7,12-14H2,1-5H3,(H,27,30)/t20-,24-/m1/s1. The molecule has 1 aliphatic rings. The first-order chi connectivity index (χ1) is 16.5. The van der Waals surface area contributed by atoms with Gasteiger partial charge in [0.2, 0.25) is 17.6 Å². The molecule has 3 rings (SSSR count). The summed E-state index contributed by atoms with van der Waals surface area (Å²) in [7, 11) is 6.20. The Morgan fingerprint density at radius 1 is 1.00 bits per heavy atom. The summed E-state index contributed by atoms with van der Waals surface area (Å²) in [5.74, 6) is 1.47. The van der Waals surface area contributed by atoms with Gasteiger partial charge in [0.05, 0.1) is 46.1 Å². The van der Waals surface area contributed by atoms with Gasteiger partial charge in [0, 0.05) is 25.1 Å². The van der Waals surface area contributed by atoms with Gasteiger partial charge < -0.3 is 29.2 Å². The summed E-state index contributed by atoms with van der Waals surface area (Å²) in [5, 5.41) is 3.05. The molecule has 0 aromatic heterocycles. The van der Waals surface area contributed by atoms with E-state index in [1.807, 2.05) is 24.3 Å². The van der Waals surface area contributed by atoms with Crippen molar-refractivity contribution in [2.24, 2.45) is 5.92 Å². The number of hydrogen-bond acceptors (Lipinski definition) is 6. The number of unbranched alkanes of at least 4 members (excludes halogenated alkanes) is 1. The zero-order valence-corrected chi connectivity index (χ0v) is 20.6. The van der Waals surface area contributed by atoms with Crippen molar-refractivity contribution in [1.82, 2.24) is 5.32 Å². The molecule has 1 fully saturated rings. The highest BCUT2D eigenvalue weighted by atomic mass is 16.5. The molecule has 1 heterocycles. The summed E-state index contributed by atoms with van der Waals surface area (Å²) in [5.41, 5.74) is 1.42. The van der Waals surface area contributed by atoms with Gasteiger partial charge in [-0.05, 0) is 30.5 Å². The Bertz CT molecular complexity index is 966. The van der Waals surface area contributed by atoms with Crippen LogP contribution in [0, 0.1) is 5.92 Å². The largest absolute Gasteiger partial charge is 0.497 e. The van der Waals surface area contributed by atoms with Gasteiger partial charge in [-0.2, -0.15) is 0 Å². The average Bonchev–Trinajstić information content (AvgIpc) is 2.87. The Morgan fingerprint density at radius 2 is 1.65 bits per heavy atom. The lowest BCUT2D eigenvalue weighted by Crippen LogP contribution is -2.48. The Hall–Kier alpha value is -3.42. The van der Waals surface area contributed by atoms with Crippen LogP contribution in [0.2, 0.25) is 0 Å². The Kier molecular flexibility index (Phi) is 8.62. The summed E-state index contributed by atoms with van der Waals surface area (Å²) in [6.07, 6.45) is 2.62. The fraction of sp³-hybridized carbons (Fsp3) is 0.462. The predicted octanol–water partition coefficient (Wildman–Crippen LogP) is 4.12. The SMILES string of the molecule is CCCCNC(=O)[C@@H]1CCC(=O)N(c2cc(OC)c(OC)c(OC)c2)[C@@H]1c1ccc(OC)cc1. The molecule has 2 atom stereocenters. The van der Waals surface area contributed by atoms with Crippen LogP contribution in [0.5, 0.6) is 23.0 Å². The number of carbonyl (C=O) groups is 2. The summed E-state index contributed by atoms with van der Waals surface area (Å²) < 4.78 is 21.8. The van der Waals surface area contributed by atoms with Crippen LogP contribution in [-0.4, -0.2) is 46.8 Å². The summed E-state index contributed by atoms with van der Waals surface area (Å²) in [4.78, 5) is 28.3. The quantitative estimate of drug-likeness (QED) is 0.526. The predicted molar refractivity (Wildman–Crippen MR) is 130 cm³/mol. The van der Waals surface area contributed by atoms with Crippen molar-refractivity contribution in [1.29, 1.82) is 0 Å². The van der Waals surface area contributed by atoms with Crippen molar-refractivity contribution in [3.63, 3.8) is 0 Å². The molecule has 34 heavy (non-hydrogen) atoms. The molecule has 8 heteroatoms. The highest BCUT2D eigenvalue weighted by Crippen LogP contribution is 2.46. The maximum absolute atomic E-state index is 13.3. The molecule has 1 N–H and O–H groups in total. The first kappa shape index (κ1) is 25.2. The van der Waals surface area contributed by atoms with Crippen molar-refractivity contribution in [3.8, 4) is 23.0 Å². The Balaban J connectivity index is 2.11. The third kappa shape index (κ3) is 5.21. The van der Waals surface area contributed by atoms with E-state index in [1.54, 1.807) is 24.1 Å². The Labute approximate surface area is 201 Å². The fourth-order valence-electron chi connectivity index (χ4n) is 4.38. The highest BCUT2D eigenvalue weighted by molar-refractivity contribution is 5.98. The van der Waals surface area contributed by atoms with Crippen LogP contribution >= 0.6 is 0 Å². The van der Waals surface area contributed by atoms with Crippen LogP contribution < -0.4 is 29.2 Å². The van der Waals surface area contributed by atoms with Gasteiger partial charge in [-0.3, -0.25) is 9.59 Å². The number of hydrogen-bond donors (Lipinski definition) is 1. The number of piperidine rings is 1. The molecular formula is C26H34N2O6. The highest BCUT2D eigenvalue weighted by Gasteiger charge is 2.42. The number of methoxy groups -OCH3 is 4. The summed E-state index contributed by atoms with van der Waals surface area (Å²) in [6, 6.07) is 10.5. The second kappa shape index (κ2) is 11.6. The van der Waals surface area contributed by atoms with E-state index in [2.05, 4.69) is 12.2 Å². The zero-order valence-electron chi connectivity index (χ0n) is 20.6. The molecule has 0 aliphatic carbocycles. The number of carbonyl (C=O) groups excluding carboxylic acids is 2. The van der Waals surface area contributed by atoms with Crippen molar-refractivity contribution >= 4 is 17.5 Å². The van der Waals surface area contributed by atoms with Crippen molar-refractivity contribution in [3.05, 3.63) is 42.0 Å². The first-order valence-corrected chi connectivity index (χ1v) is 11.5. The maximum Gasteiger partial charge on any atom is 0.227 e. The lowest BCUT2D eigenvalue weighted by atomic mass is 9.83. The van der Waals surface area contributed by atoms with Crippen LogP contribution in [0.1, 0.15) is 44.2 Å². The smallest absolute Gasteiger partial charge is 0.227 e. The van der Waals surface area contributed by atoms with E-state index in [4.69, 9.17) is 18.9 Å². The molecule has 0 bridgehead atoms. The van der Waals surface area contributed by atoms with E-state index in [0.29, 0.717) is 41.7 Å². The van der Waals surface area contributed by atoms with Crippen molar-refractivity contribution in [2.75, 3.05) is 39.9 Å². The number of anilines is 1. The summed E-state index contributed by atoms with van der Waals surface area (Å²) >= 11 is 0. The van der Waals surface area contributed by atoms with Crippen LogP contribution in [-0.2, 0) is 9.59 Å². The van der Waals surface area contributed by atoms with E-state index in [1.165, 1.54) is 21.3 Å². The number of nitrogens with zero attached hydrogens (tertiary/aromatic N) is 1. The van der Waals surface area contributed by atoms with Gasteiger partial charge >= 0.3 is 0 Å². The number of rotatable bonds is 10. The van der Waals surface area contributed by atoms with Crippen molar-refractivity contribution in [2.45, 2.75) is 38.6 Å². The molecule has 0 saturated carbocycles. The second-order valence-corrected chi connectivity index (χ2v) is 8.16. The molecule has 2 aromatic carbocycles. The maximum atomic E-state index is 13.3. The molecule has 0 spiro atoms. The number of ether oxygens (including phenoxy) is 4. The lowest BCUT2D eigenvalue weighted by Gasteiger charge is -2.41. The second-order valence-electron chi connectivity index (χ2n) is 8.16. The zero-order chi connectivity index (χ0) is 24.7. The van der Waals surface area contributed by atoms with Gasteiger partial charge in [0.25, 0.3) is 0 Å². The minimum absolute atomic E-state index is 0.0563. The molecule has 8 nitrogen and oxygen atoms in total. The summed E-state index contributed by atoms with van der Waals surface area (Å²) in [6.45, 7) is 2.69. The number of benzene rings is 2. The van der Waals surface area contributed by atoms with Gasteiger partial charge in [-0.25, -0.2) is 0 Å². The van der Waals surface area contributed by atoms with Crippen LogP contribution in [0.25, 0.3) is 0 Å². The topological polar surface area (TPSA) is 86.3 Å². The van der Waals surface area contributed by atoms with E-state index >= 15 is 0 Å². The lowest BCUT2D eigenvalue weighted by molar-refractivity contribution is -0.129. The van der Waals surface area contributed by atoms with Gasteiger partial charge in [-0.1, -0.05) is 25.5 Å². The first-order valence-electron chi connectivity index (χ1n) is 11.5. The van der Waals surface area contributed by atoms with E-state index in [9.17, 15) is 9.59 Å². The molecule has 1 aliphatic heterocycles. The average molecular weight is 471 g/mol. The molecule has 2 amide bonds. The third-order valence-corrected chi connectivity index (χ3v) is 6.15. The van der Waals surface area contributed by atoms with Crippen LogP contribution in [0.3, 0.4) is 0 Å². The van der Waals surface area contributed by atoms with Gasteiger partial charge in [0.15, 0.2) is 11.5 Å². The molecule has 184 valence electrons. The fourth-order valence-corrected chi connectivity index (χ4v) is 4.38. The number of nitrogens with one attached hydrogen (secondary N) is 1. The van der Waals surface area contributed by atoms with E-state index in [-0.39, 0.29) is 18.2 Å². The third-order valence-electron chi connectivity index (χ3n) is 6.15. The van der Waals surface area contributed by atoms with Crippen molar-refractivity contribution < 1.29 is 28.5 Å². The van der Waals surface area contributed by atoms with Gasteiger partial charge in [-0.15, -0.1) is 0 Å². The molecule has 2 aromatic rings. The molecule has 0 unspecified atom stereocenters. The molecular weight excluding hydrogens is 436 g/mol. The van der Waals surface area contributed by atoms with Crippen LogP contribution in [0.4, 0.5) is 5.69 Å². The molecule has 1 saturated heterocycles. The minimum Gasteiger partial charge on any atom is -0.497 e. The van der Waals surface area contributed by atoms with E-state index < -0.39 is 12.0 Å². The Morgan fingerprint density at radius 3 is 2.18 bits per heavy atom. The number of amides is 2.